The summed E-state index contributed by atoms with van der Waals surface area (Å²) in [5.74, 6) is 0.370. The fourth-order valence-corrected chi connectivity index (χ4v) is 6.97. The molecule has 0 fully saturated rings. The van der Waals surface area contributed by atoms with E-state index in [0.717, 1.165) is 9.87 Å². The summed E-state index contributed by atoms with van der Waals surface area (Å²) in [6.07, 6.45) is 0.206. The molecule has 0 aliphatic rings. The zero-order valence-electron chi connectivity index (χ0n) is 28.0. The van der Waals surface area contributed by atoms with Gasteiger partial charge in [0.05, 0.1) is 10.6 Å². The van der Waals surface area contributed by atoms with Gasteiger partial charge in [-0.3, -0.25) is 13.9 Å². The van der Waals surface area contributed by atoms with Crippen molar-refractivity contribution in [2.75, 3.05) is 17.4 Å². The molecule has 10 heteroatoms. The Balaban J connectivity index is 1.55. The van der Waals surface area contributed by atoms with Gasteiger partial charge in [-0.1, -0.05) is 110 Å². The van der Waals surface area contributed by atoms with Gasteiger partial charge in [0.1, 0.15) is 24.1 Å². The molecular weight excluding hydrogens is 670 g/mol. The molecule has 0 saturated heterocycles. The number of sulfonamides is 1. The average Bonchev–Trinajstić information content (AvgIpc) is 3.13. The minimum Gasteiger partial charge on any atom is -0.457 e. The lowest BCUT2D eigenvalue weighted by molar-refractivity contribution is -0.140. The number of nitrogens with zero attached hydrogens (tertiary/aromatic N) is 2. The van der Waals surface area contributed by atoms with Crippen LogP contribution in [0.3, 0.4) is 0 Å². The van der Waals surface area contributed by atoms with Crippen LogP contribution in [0.5, 0.6) is 11.5 Å². The number of amides is 2. The summed E-state index contributed by atoms with van der Waals surface area (Å²) in [6.45, 7) is 3.78. The number of benzene rings is 5. The van der Waals surface area contributed by atoms with Gasteiger partial charge in [-0.15, -0.1) is 0 Å². The van der Waals surface area contributed by atoms with E-state index in [-0.39, 0.29) is 35.4 Å². The van der Waals surface area contributed by atoms with E-state index in [1.54, 1.807) is 66.7 Å². The average molecular weight is 710 g/mol. The topological polar surface area (TPSA) is 96.0 Å². The van der Waals surface area contributed by atoms with Crippen molar-refractivity contribution in [2.24, 2.45) is 5.92 Å². The van der Waals surface area contributed by atoms with Gasteiger partial charge in [0, 0.05) is 24.5 Å². The van der Waals surface area contributed by atoms with Crippen molar-refractivity contribution in [1.82, 2.24) is 10.2 Å². The summed E-state index contributed by atoms with van der Waals surface area (Å²) < 4.78 is 35.6. The molecule has 50 heavy (non-hydrogen) atoms. The maximum atomic E-state index is 14.7. The fourth-order valence-electron chi connectivity index (χ4n) is 5.34. The number of carbonyl (C=O) groups excluding carboxylic acids is 2. The van der Waals surface area contributed by atoms with Gasteiger partial charge in [0.15, 0.2) is 0 Å². The van der Waals surface area contributed by atoms with Crippen molar-refractivity contribution in [2.45, 2.75) is 37.8 Å². The molecule has 5 aromatic carbocycles. The molecule has 258 valence electrons. The molecule has 0 aliphatic heterocycles. The maximum absolute atomic E-state index is 14.7. The molecule has 0 saturated carbocycles. The van der Waals surface area contributed by atoms with Crippen LogP contribution in [0.4, 0.5) is 5.69 Å². The highest BCUT2D eigenvalue weighted by Gasteiger charge is 2.35. The van der Waals surface area contributed by atoms with Crippen molar-refractivity contribution in [3.05, 3.63) is 156 Å². The number of nitrogens with one attached hydrogen (secondary N) is 1. The quantitative estimate of drug-likeness (QED) is 0.120. The van der Waals surface area contributed by atoms with Gasteiger partial charge in [0.2, 0.25) is 11.8 Å². The summed E-state index contributed by atoms with van der Waals surface area (Å²) >= 11 is 6.59. The molecule has 0 aliphatic carbocycles. The molecule has 0 radical (unpaired) electrons. The predicted octanol–water partition coefficient (Wildman–Crippen LogP) is 7.74. The standard InChI is InChI=1S/C40H40ClN3O5S/c1-30(2)27-42-40(46)38(26-31-14-6-3-7-15-31)43(28-32-16-12-13-21-37(32)41)39(45)29-44(50(47,48)36-19-10-5-11-20-36)33-22-24-35(25-23-33)49-34-17-8-4-9-18-34/h3-25,30,38H,26-29H2,1-2H3,(H,42,46)/t38-/m0/s1. The van der Waals surface area contributed by atoms with Crippen LogP contribution in [0.2, 0.25) is 5.02 Å². The Morgan fingerprint density at radius 3 is 1.92 bits per heavy atom. The van der Waals surface area contributed by atoms with Gasteiger partial charge < -0.3 is 15.0 Å². The lowest BCUT2D eigenvalue weighted by Crippen LogP contribution is -2.53. The largest absolute Gasteiger partial charge is 0.457 e. The Morgan fingerprint density at radius 1 is 0.740 bits per heavy atom. The Bertz CT molecular complexity index is 1960. The number of para-hydroxylation sites is 1. The van der Waals surface area contributed by atoms with Gasteiger partial charge in [-0.2, -0.15) is 0 Å². The minimum atomic E-state index is -4.24. The summed E-state index contributed by atoms with van der Waals surface area (Å²) in [6, 6.07) is 39.2. The first-order valence-corrected chi connectivity index (χ1v) is 18.2. The Labute approximate surface area is 299 Å². The number of rotatable bonds is 15. The Hall–Kier alpha value is -5.12. The molecule has 0 heterocycles. The molecule has 1 atom stereocenters. The van der Waals surface area contributed by atoms with E-state index in [1.165, 1.54) is 17.0 Å². The van der Waals surface area contributed by atoms with Crippen molar-refractivity contribution in [3.63, 3.8) is 0 Å². The van der Waals surface area contributed by atoms with Crippen molar-refractivity contribution in [1.29, 1.82) is 0 Å². The monoisotopic (exact) mass is 709 g/mol. The smallest absolute Gasteiger partial charge is 0.264 e. The second-order valence-corrected chi connectivity index (χ2v) is 14.5. The third-order valence-electron chi connectivity index (χ3n) is 7.97. The van der Waals surface area contributed by atoms with Crippen LogP contribution in [-0.4, -0.2) is 44.3 Å². The zero-order chi connectivity index (χ0) is 35.5. The van der Waals surface area contributed by atoms with Gasteiger partial charge in [-0.25, -0.2) is 8.42 Å². The maximum Gasteiger partial charge on any atom is 0.264 e. The van der Waals surface area contributed by atoms with E-state index in [4.69, 9.17) is 16.3 Å². The number of ether oxygens (including phenoxy) is 1. The number of hydrogen-bond acceptors (Lipinski definition) is 5. The SMILES string of the molecule is CC(C)CNC(=O)[C@H](Cc1ccccc1)N(Cc1ccccc1Cl)C(=O)CN(c1ccc(Oc2ccccc2)cc1)S(=O)(=O)c1ccccc1. The number of halogens is 1. The van der Waals surface area contributed by atoms with Crippen molar-refractivity contribution >= 4 is 39.1 Å². The van der Waals surface area contributed by atoms with Crippen LogP contribution in [0, 0.1) is 5.92 Å². The van der Waals surface area contributed by atoms with Crippen molar-refractivity contribution in [3.8, 4) is 11.5 Å². The first-order valence-electron chi connectivity index (χ1n) is 16.4. The number of carbonyl (C=O) groups is 2. The molecule has 5 rings (SSSR count). The highest BCUT2D eigenvalue weighted by Crippen LogP contribution is 2.29. The van der Waals surface area contributed by atoms with E-state index < -0.39 is 28.5 Å². The molecule has 0 aromatic heterocycles. The van der Waals surface area contributed by atoms with Crippen LogP contribution >= 0.6 is 11.6 Å². The number of hydrogen-bond donors (Lipinski definition) is 1. The first kappa shape index (κ1) is 36.2. The van der Waals surface area contributed by atoms with E-state index in [0.29, 0.717) is 28.6 Å². The normalized spacial score (nSPS) is 11.8. The van der Waals surface area contributed by atoms with E-state index >= 15 is 0 Å². The minimum absolute atomic E-state index is 0.0191. The van der Waals surface area contributed by atoms with Crippen LogP contribution < -0.4 is 14.4 Å². The molecule has 0 spiro atoms. The highest BCUT2D eigenvalue weighted by atomic mass is 35.5. The summed E-state index contributed by atoms with van der Waals surface area (Å²) in [5.41, 5.74) is 1.72. The van der Waals surface area contributed by atoms with Gasteiger partial charge >= 0.3 is 0 Å². The van der Waals surface area contributed by atoms with Crippen LogP contribution in [-0.2, 0) is 32.6 Å². The van der Waals surface area contributed by atoms with Crippen LogP contribution in [0.25, 0.3) is 0 Å². The summed E-state index contributed by atoms with van der Waals surface area (Å²) in [5, 5.41) is 3.42. The molecule has 5 aromatic rings. The fraction of sp³-hybridized carbons (Fsp3) is 0.200. The van der Waals surface area contributed by atoms with Crippen LogP contribution in [0.1, 0.15) is 25.0 Å². The molecule has 2 amide bonds. The molecule has 0 unspecified atom stereocenters. The number of anilines is 1. The second-order valence-electron chi connectivity index (χ2n) is 12.2. The van der Waals surface area contributed by atoms with E-state index in [1.807, 2.05) is 74.5 Å². The third-order valence-corrected chi connectivity index (χ3v) is 10.1. The highest BCUT2D eigenvalue weighted by molar-refractivity contribution is 7.92. The molecular formula is C40H40ClN3O5S. The molecule has 1 N–H and O–H groups in total. The second kappa shape index (κ2) is 17.0. The third kappa shape index (κ3) is 9.52. The van der Waals surface area contributed by atoms with E-state index in [2.05, 4.69) is 5.32 Å². The lowest BCUT2D eigenvalue weighted by Gasteiger charge is -2.34. The Morgan fingerprint density at radius 2 is 1.30 bits per heavy atom. The van der Waals surface area contributed by atoms with Gasteiger partial charge in [0.25, 0.3) is 10.0 Å². The van der Waals surface area contributed by atoms with Crippen LogP contribution in [0.15, 0.2) is 144 Å². The summed E-state index contributed by atoms with van der Waals surface area (Å²) in [7, 11) is -4.24. The Kier molecular flexibility index (Phi) is 12.3. The molecule has 8 nitrogen and oxygen atoms in total. The first-order chi connectivity index (χ1) is 24.1. The zero-order valence-corrected chi connectivity index (χ0v) is 29.6. The molecule has 0 bridgehead atoms. The van der Waals surface area contributed by atoms with Gasteiger partial charge in [-0.05, 0) is 71.6 Å². The predicted molar refractivity (Wildman–Crippen MR) is 198 cm³/mol. The lowest BCUT2D eigenvalue weighted by atomic mass is 10.0. The summed E-state index contributed by atoms with van der Waals surface area (Å²) in [4.78, 5) is 30.1. The van der Waals surface area contributed by atoms with E-state index in [9.17, 15) is 18.0 Å². The van der Waals surface area contributed by atoms with Crippen molar-refractivity contribution < 1.29 is 22.7 Å².